The quantitative estimate of drug-likeness (QED) is 0.854. The van der Waals surface area contributed by atoms with Crippen LogP contribution < -0.4 is 10.1 Å². The largest absolute Gasteiger partial charge is 0.497 e. The van der Waals surface area contributed by atoms with E-state index in [0.29, 0.717) is 24.6 Å². The highest BCUT2D eigenvalue weighted by atomic mass is 16.5. The summed E-state index contributed by atoms with van der Waals surface area (Å²) in [5.74, 6) is 0.309. The smallest absolute Gasteiger partial charge is 0.328 e. The van der Waals surface area contributed by atoms with Gasteiger partial charge in [0.25, 0.3) is 0 Å². The molecule has 2 rings (SSSR count). The van der Waals surface area contributed by atoms with E-state index in [1.807, 2.05) is 18.2 Å². The van der Waals surface area contributed by atoms with Gasteiger partial charge in [-0.3, -0.25) is 5.32 Å². The number of nitrogens with one attached hydrogen (secondary N) is 1. The molecule has 4 heteroatoms. The van der Waals surface area contributed by atoms with Crippen LogP contribution >= 0.6 is 0 Å². The number of carboxylic acid groups (broad SMARTS) is 1. The molecule has 1 unspecified atom stereocenters. The summed E-state index contributed by atoms with van der Waals surface area (Å²) in [5.41, 5.74) is 0.980. The van der Waals surface area contributed by atoms with E-state index in [1.54, 1.807) is 7.11 Å². The molecule has 1 aliphatic carbocycles. The molecule has 0 aliphatic heterocycles. The Hall–Kier alpha value is -1.55. The van der Waals surface area contributed by atoms with Gasteiger partial charge in [-0.15, -0.1) is 0 Å². The normalized spacial score (nSPS) is 21.5. The second-order valence-electron chi connectivity index (χ2n) is 5.51. The Morgan fingerprint density at radius 3 is 2.84 bits per heavy atom. The minimum atomic E-state index is -0.964. The number of hydrogen-bond donors (Lipinski definition) is 2. The molecule has 0 amide bonds. The summed E-state index contributed by atoms with van der Waals surface area (Å²) in [5, 5.41) is 12.9. The Kier molecular flexibility index (Phi) is 3.80. The van der Waals surface area contributed by atoms with Gasteiger partial charge >= 0.3 is 5.97 Å². The first kappa shape index (κ1) is 13.9. The third-order valence-corrected chi connectivity index (χ3v) is 3.72. The number of hydrogen-bond acceptors (Lipinski definition) is 3. The molecular formula is C15H21NO3. The van der Waals surface area contributed by atoms with Gasteiger partial charge in [-0.2, -0.15) is 0 Å². The lowest BCUT2D eigenvalue weighted by Crippen LogP contribution is -2.48. The number of benzene rings is 1. The van der Waals surface area contributed by atoms with Crippen LogP contribution in [0.2, 0.25) is 0 Å². The fourth-order valence-corrected chi connectivity index (χ4v) is 2.61. The molecule has 0 saturated carbocycles. The molecule has 1 aromatic carbocycles. The number of ether oxygens (including phenoxy) is 1. The Bertz CT molecular complexity index is 484. The van der Waals surface area contributed by atoms with Crippen molar-refractivity contribution in [2.75, 3.05) is 13.7 Å². The lowest BCUT2D eigenvalue weighted by molar-refractivity contribution is -0.145. The van der Waals surface area contributed by atoms with E-state index < -0.39 is 11.5 Å². The summed E-state index contributed by atoms with van der Waals surface area (Å²) >= 11 is 0. The number of fused-ring (bicyclic) bond motifs is 1. The minimum absolute atomic E-state index is 0.408. The molecule has 2 N–H and O–H groups in total. The summed E-state index contributed by atoms with van der Waals surface area (Å²) in [6, 6.07) is 5.71. The van der Waals surface area contributed by atoms with Crippen molar-refractivity contribution in [3.05, 3.63) is 29.3 Å². The van der Waals surface area contributed by atoms with Crippen LogP contribution in [0.5, 0.6) is 5.75 Å². The molecule has 1 aromatic rings. The van der Waals surface area contributed by atoms with E-state index >= 15 is 0 Å². The number of carbonyl (C=O) groups is 1. The maximum atomic E-state index is 11.8. The lowest BCUT2D eigenvalue weighted by atomic mass is 9.91. The van der Waals surface area contributed by atoms with Crippen LogP contribution in [0.3, 0.4) is 0 Å². The van der Waals surface area contributed by atoms with Gasteiger partial charge < -0.3 is 9.84 Å². The van der Waals surface area contributed by atoms with E-state index in [9.17, 15) is 9.90 Å². The first-order valence-corrected chi connectivity index (χ1v) is 6.65. The average Bonchev–Trinajstić information content (AvgIpc) is 2.75. The Morgan fingerprint density at radius 1 is 1.53 bits per heavy atom. The van der Waals surface area contributed by atoms with Crippen LogP contribution in [0.25, 0.3) is 0 Å². The van der Waals surface area contributed by atoms with Gasteiger partial charge in [-0.1, -0.05) is 19.9 Å². The zero-order chi connectivity index (χ0) is 14.0. The third kappa shape index (κ3) is 2.45. The zero-order valence-corrected chi connectivity index (χ0v) is 11.7. The van der Waals surface area contributed by atoms with Gasteiger partial charge in [0.15, 0.2) is 0 Å². The van der Waals surface area contributed by atoms with Gasteiger partial charge in [0.2, 0.25) is 0 Å². The van der Waals surface area contributed by atoms with Gasteiger partial charge in [0.05, 0.1) is 7.11 Å². The predicted octanol–water partition coefficient (Wildman–Crippen LogP) is 2.17. The van der Waals surface area contributed by atoms with Crippen LogP contribution in [0, 0.1) is 5.92 Å². The molecule has 0 saturated heterocycles. The van der Waals surface area contributed by atoms with E-state index in [-0.39, 0.29) is 0 Å². The zero-order valence-electron chi connectivity index (χ0n) is 11.7. The second kappa shape index (κ2) is 5.21. The fraction of sp³-hybridized carbons (Fsp3) is 0.533. The van der Waals surface area contributed by atoms with Crippen LogP contribution in [0.15, 0.2) is 18.2 Å². The third-order valence-electron chi connectivity index (χ3n) is 3.72. The Labute approximate surface area is 113 Å². The summed E-state index contributed by atoms with van der Waals surface area (Å²) < 4.78 is 5.22. The van der Waals surface area contributed by atoms with E-state index in [1.165, 1.54) is 0 Å². The highest BCUT2D eigenvalue weighted by Crippen LogP contribution is 2.39. The Balaban J connectivity index is 2.40. The SMILES string of the molecule is COc1ccc2c(c1)C(NCC(C)C)(C(=O)O)CC2. The van der Waals surface area contributed by atoms with Crippen molar-refractivity contribution < 1.29 is 14.6 Å². The first-order valence-electron chi connectivity index (χ1n) is 6.65. The summed E-state index contributed by atoms with van der Waals surface area (Å²) in [6.45, 7) is 4.83. The predicted molar refractivity (Wildman–Crippen MR) is 73.5 cm³/mol. The number of aryl methyl sites for hydroxylation is 1. The van der Waals surface area contributed by atoms with Crippen molar-refractivity contribution in [2.45, 2.75) is 32.2 Å². The molecule has 4 nitrogen and oxygen atoms in total. The van der Waals surface area contributed by atoms with Crippen LogP contribution in [-0.2, 0) is 16.8 Å². The van der Waals surface area contributed by atoms with Crippen LogP contribution in [-0.4, -0.2) is 24.7 Å². The molecule has 0 heterocycles. The van der Waals surface area contributed by atoms with Crippen LogP contribution in [0.1, 0.15) is 31.4 Å². The Morgan fingerprint density at radius 2 is 2.26 bits per heavy atom. The monoisotopic (exact) mass is 263 g/mol. The van der Waals surface area contributed by atoms with E-state index in [4.69, 9.17) is 4.74 Å². The standard InChI is InChI=1S/C15H21NO3/c1-10(2)9-16-15(14(17)18)7-6-11-4-5-12(19-3)8-13(11)15/h4-5,8,10,16H,6-7,9H2,1-3H3,(H,17,18). The first-order chi connectivity index (χ1) is 8.99. The topological polar surface area (TPSA) is 58.6 Å². The molecular weight excluding hydrogens is 242 g/mol. The number of rotatable bonds is 5. The number of methoxy groups -OCH3 is 1. The van der Waals surface area contributed by atoms with Gasteiger partial charge in [-0.05, 0) is 48.6 Å². The number of aliphatic carboxylic acids is 1. The molecule has 1 aliphatic rings. The van der Waals surface area contributed by atoms with E-state index in [2.05, 4.69) is 19.2 Å². The molecule has 104 valence electrons. The molecule has 1 atom stereocenters. The molecule has 0 radical (unpaired) electrons. The molecule has 0 spiro atoms. The van der Waals surface area contributed by atoms with Crippen molar-refractivity contribution in [1.29, 1.82) is 0 Å². The summed E-state index contributed by atoms with van der Waals surface area (Å²) in [6.07, 6.45) is 1.38. The summed E-state index contributed by atoms with van der Waals surface area (Å²) in [4.78, 5) is 11.8. The van der Waals surface area contributed by atoms with Gasteiger partial charge in [0, 0.05) is 0 Å². The average molecular weight is 263 g/mol. The van der Waals surface area contributed by atoms with Crippen molar-refractivity contribution in [1.82, 2.24) is 5.32 Å². The van der Waals surface area contributed by atoms with Crippen molar-refractivity contribution in [3.63, 3.8) is 0 Å². The molecule has 19 heavy (non-hydrogen) atoms. The molecule has 0 aromatic heterocycles. The lowest BCUT2D eigenvalue weighted by Gasteiger charge is -2.28. The fourth-order valence-electron chi connectivity index (χ4n) is 2.61. The van der Waals surface area contributed by atoms with Gasteiger partial charge in [-0.25, -0.2) is 4.79 Å². The second-order valence-corrected chi connectivity index (χ2v) is 5.51. The van der Waals surface area contributed by atoms with Crippen molar-refractivity contribution in [2.24, 2.45) is 5.92 Å². The molecule has 0 fully saturated rings. The maximum Gasteiger partial charge on any atom is 0.328 e. The van der Waals surface area contributed by atoms with E-state index in [0.717, 1.165) is 17.5 Å². The van der Waals surface area contributed by atoms with Gasteiger partial charge in [0.1, 0.15) is 11.3 Å². The van der Waals surface area contributed by atoms with Crippen molar-refractivity contribution in [3.8, 4) is 5.75 Å². The minimum Gasteiger partial charge on any atom is -0.497 e. The molecule has 0 bridgehead atoms. The summed E-state index contributed by atoms with van der Waals surface area (Å²) in [7, 11) is 1.60. The highest BCUT2D eigenvalue weighted by molar-refractivity contribution is 5.83. The van der Waals surface area contributed by atoms with Crippen LogP contribution in [0.4, 0.5) is 0 Å². The highest BCUT2D eigenvalue weighted by Gasteiger charge is 2.45. The van der Waals surface area contributed by atoms with Crippen molar-refractivity contribution >= 4 is 5.97 Å². The number of carboxylic acids is 1. The maximum absolute atomic E-state index is 11.8.